The van der Waals surface area contributed by atoms with Crippen molar-refractivity contribution in [2.45, 2.75) is 47.5 Å². The van der Waals surface area contributed by atoms with E-state index in [0.717, 1.165) is 5.56 Å². The van der Waals surface area contributed by atoms with E-state index in [9.17, 15) is 9.46 Å². The van der Waals surface area contributed by atoms with E-state index in [4.69, 9.17) is 4.52 Å². The predicted octanol–water partition coefficient (Wildman–Crippen LogP) is 5.06. The lowest BCUT2D eigenvalue weighted by Gasteiger charge is -2.40. The summed E-state index contributed by atoms with van der Waals surface area (Å²) < 4.78 is 16.7. The minimum Gasteiger partial charge on any atom is -0.324 e. The largest absolute Gasteiger partial charge is 0.328 e. The first-order valence-corrected chi connectivity index (χ1v) is 9.18. The van der Waals surface area contributed by atoms with Crippen molar-refractivity contribution in [2.75, 3.05) is 12.8 Å². The highest BCUT2D eigenvalue weighted by molar-refractivity contribution is 7.52. The Balaban J connectivity index is 0.000000829. The molecule has 1 aromatic carbocycles. The van der Waals surface area contributed by atoms with Gasteiger partial charge in [-0.15, -0.1) is 0 Å². The second-order valence-electron chi connectivity index (χ2n) is 5.05. The van der Waals surface area contributed by atoms with Gasteiger partial charge in [-0.05, 0) is 11.0 Å². The van der Waals surface area contributed by atoms with Crippen LogP contribution < -0.4 is 0 Å². The molecule has 4 heteroatoms. The Morgan fingerprint density at radius 2 is 1.65 bits per heavy atom. The number of rotatable bonds is 1. The highest BCUT2D eigenvalue weighted by Gasteiger charge is 2.42. The summed E-state index contributed by atoms with van der Waals surface area (Å²) in [4.78, 5) is 9.57. The van der Waals surface area contributed by atoms with Gasteiger partial charge in [-0.2, -0.15) is 0 Å². The van der Waals surface area contributed by atoms with Crippen LogP contribution in [0.3, 0.4) is 0 Å². The van der Waals surface area contributed by atoms with E-state index in [2.05, 4.69) is 13.8 Å². The lowest BCUT2D eigenvalue weighted by atomic mass is 9.76. The van der Waals surface area contributed by atoms with Crippen LogP contribution in [-0.2, 0) is 9.09 Å². The summed E-state index contributed by atoms with van der Waals surface area (Å²) in [6.07, 6.45) is 0.212. The molecular weight excluding hydrogens is 271 g/mol. The van der Waals surface area contributed by atoms with Gasteiger partial charge in [-0.25, -0.2) is 0 Å². The van der Waals surface area contributed by atoms with Crippen molar-refractivity contribution in [1.29, 1.82) is 0 Å². The van der Waals surface area contributed by atoms with Crippen LogP contribution in [0.15, 0.2) is 30.3 Å². The molecule has 1 aliphatic heterocycles. The fraction of sp³-hybridized carbons (Fsp3) is 0.625. The average molecular weight is 300 g/mol. The molecule has 2 rings (SSSR count). The van der Waals surface area contributed by atoms with Crippen LogP contribution in [-0.4, -0.2) is 17.7 Å². The van der Waals surface area contributed by atoms with Crippen LogP contribution in [0.5, 0.6) is 0 Å². The summed E-state index contributed by atoms with van der Waals surface area (Å²) in [5.74, 6) is 0.0817. The van der Waals surface area contributed by atoms with Gasteiger partial charge < -0.3 is 9.42 Å². The van der Waals surface area contributed by atoms with E-state index >= 15 is 0 Å². The van der Waals surface area contributed by atoms with Crippen LogP contribution in [0.25, 0.3) is 0 Å². The van der Waals surface area contributed by atoms with Crippen LogP contribution >= 0.6 is 7.60 Å². The second kappa shape index (κ2) is 8.61. The van der Waals surface area contributed by atoms with Crippen molar-refractivity contribution in [2.24, 2.45) is 5.41 Å². The van der Waals surface area contributed by atoms with Gasteiger partial charge in [-0.3, -0.25) is 4.57 Å². The molecule has 1 saturated heterocycles. The molecule has 116 valence electrons. The van der Waals surface area contributed by atoms with Crippen molar-refractivity contribution >= 4 is 7.60 Å². The molecule has 1 heterocycles. The van der Waals surface area contributed by atoms with Crippen molar-refractivity contribution in [3.8, 4) is 0 Å². The molecule has 1 N–H and O–H groups in total. The third kappa shape index (κ3) is 5.40. The summed E-state index contributed by atoms with van der Waals surface area (Å²) in [6, 6.07) is 9.90. The Morgan fingerprint density at radius 3 is 2.15 bits per heavy atom. The monoisotopic (exact) mass is 300 g/mol. The Bertz CT molecular complexity index is 415. The summed E-state index contributed by atoms with van der Waals surface area (Å²) >= 11 is 0. The molecule has 0 aromatic heterocycles. The van der Waals surface area contributed by atoms with Crippen LogP contribution in [0.4, 0.5) is 0 Å². The van der Waals surface area contributed by atoms with Gasteiger partial charge in [0.25, 0.3) is 0 Å². The maximum absolute atomic E-state index is 11.6. The first-order chi connectivity index (χ1) is 9.41. The van der Waals surface area contributed by atoms with Gasteiger partial charge >= 0.3 is 7.60 Å². The molecule has 1 aromatic rings. The fourth-order valence-corrected chi connectivity index (χ4v) is 3.95. The third-order valence-corrected chi connectivity index (χ3v) is 4.56. The standard InChI is InChI=1S/C12H17O3P.2C2H6/c1-12(2)9-15-16(13,14)8-11(12)10-6-4-3-5-7-10;2*1-2/h3-7,11H,8-9H2,1-2H3,(H,13,14);2*1-2H3. The number of hydrogen-bond donors (Lipinski definition) is 1. The summed E-state index contributed by atoms with van der Waals surface area (Å²) in [5.41, 5.74) is 1.02. The van der Waals surface area contributed by atoms with E-state index in [1.807, 2.05) is 58.0 Å². The molecule has 1 fully saturated rings. The molecule has 0 saturated carbocycles. The van der Waals surface area contributed by atoms with E-state index in [0.29, 0.717) is 6.61 Å². The number of benzene rings is 1. The summed E-state index contributed by atoms with van der Waals surface area (Å²) in [7, 11) is -3.39. The van der Waals surface area contributed by atoms with Gasteiger partial charge in [-0.1, -0.05) is 71.9 Å². The maximum atomic E-state index is 11.6. The van der Waals surface area contributed by atoms with E-state index in [-0.39, 0.29) is 17.5 Å². The van der Waals surface area contributed by atoms with E-state index in [1.165, 1.54) is 0 Å². The van der Waals surface area contributed by atoms with Gasteiger partial charge in [0, 0.05) is 5.92 Å². The highest BCUT2D eigenvalue weighted by Crippen LogP contribution is 2.56. The fourth-order valence-electron chi connectivity index (χ4n) is 2.14. The minimum absolute atomic E-state index is 0.0817. The van der Waals surface area contributed by atoms with Crippen molar-refractivity contribution in [3.63, 3.8) is 0 Å². The Morgan fingerprint density at radius 1 is 1.15 bits per heavy atom. The molecule has 3 nitrogen and oxygen atoms in total. The third-order valence-electron chi connectivity index (χ3n) is 3.20. The predicted molar refractivity (Wildman–Crippen MR) is 86.3 cm³/mol. The van der Waals surface area contributed by atoms with Crippen LogP contribution in [0.2, 0.25) is 0 Å². The minimum atomic E-state index is -3.39. The molecule has 0 spiro atoms. The molecule has 1 aliphatic rings. The molecule has 0 amide bonds. The van der Waals surface area contributed by atoms with Crippen molar-refractivity contribution in [3.05, 3.63) is 35.9 Å². The summed E-state index contributed by atoms with van der Waals surface area (Å²) in [5, 5.41) is 0. The lowest BCUT2D eigenvalue weighted by molar-refractivity contribution is 0.111. The zero-order valence-corrected chi connectivity index (χ0v) is 14.5. The lowest BCUT2D eigenvalue weighted by Crippen LogP contribution is -2.34. The molecule has 2 unspecified atom stereocenters. The Hall–Kier alpha value is -0.630. The molecule has 2 atom stereocenters. The van der Waals surface area contributed by atoms with Crippen LogP contribution in [0.1, 0.15) is 53.0 Å². The SMILES string of the molecule is CC.CC.CC1(C)COP(=O)(O)CC1c1ccccc1. The second-order valence-corrected chi connectivity index (χ2v) is 6.94. The zero-order valence-electron chi connectivity index (χ0n) is 13.6. The first-order valence-electron chi connectivity index (χ1n) is 7.42. The first kappa shape index (κ1) is 19.4. The number of hydrogen-bond acceptors (Lipinski definition) is 2. The van der Waals surface area contributed by atoms with Gasteiger partial charge in [0.05, 0.1) is 12.8 Å². The quantitative estimate of drug-likeness (QED) is 0.737. The zero-order chi connectivity index (χ0) is 15.8. The molecule has 0 aliphatic carbocycles. The maximum Gasteiger partial charge on any atom is 0.328 e. The van der Waals surface area contributed by atoms with Gasteiger partial charge in [0.2, 0.25) is 0 Å². The van der Waals surface area contributed by atoms with E-state index in [1.54, 1.807) is 0 Å². The average Bonchev–Trinajstić information content (AvgIpc) is 2.47. The highest BCUT2D eigenvalue weighted by atomic mass is 31.2. The molecular formula is C16H29O3P. The van der Waals surface area contributed by atoms with Crippen molar-refractivity contribution in [1.82, 2.24) is 0 Å². The summed E-state index contributed by atoms with van der Waals surface area (Å²) in [6.45, 7) is 12.5. The van der Waals surface area contributed by atoms with Crippen LogP contribution in [0, 0.1) is 5.41 Å². The Labute approximate surface area is 123 Å². The Kier molecular flexibility index (Phi) is 8.34. The van der Waals surface area contributed by atoms with Crippen molar-refractivity contribution < 1.29 is 14.0 Å². The molecule has 0 radical (unpaired) electrons. The van der Waals surface area contributed by atoms with E-state index < -0.39 is 7.60 Å². The van der Waals surface area contributed by atoms with Gasteiger partial charge in [0.15, 0.2) is 0 Å². The normalized spacial score (nSPS) is 27.4. The smallest absolute Gasteiger partial charge is 0.324 e. The topological polar surface area (TPSA) is 46.5 Å². The van der Waals surface area contributed by atoms with Gasteiger partial charge in [0.1, 0.15) is 0 Å². The molecule has 0 bridgehead atoms. The molecule has 20 heavy (non-hydrogen) atoms.